The zero-order valence-electron chi connectivity index (χ0n) is 10.6. The minimum atomic E-state index is 0.421. The predicted octanol–water partition coefficient (Wildman–Crippen LogP) is 3.81. The van der Waals surface area contributed by atoms with E-state index in [1.165, 1.54) is 22.8 Å². The number of carbonyl (C=O) groups excluding carboxylic acids is 1. The molecular formula is C16H17O2. The maximum atomic E-state index is 10.1. The van der Waals surface area contributed by atoms with Gasteiger partial charge in [-0.3, -0.25) is 0 Å². The van der Waals surface area contributed by atoms with Crippen molar-refractivity contribution in [2.75, 3.05) is 6.61 Å². The second kappa shape index (κ2) is 6.20. The Labute approximate surface area is 108 Å². The van der Waals surface area contributed by atoms with Gasteiger partial charge in [-0.2, -0.15) is 0 Å². The summed E-state index contributed by atoms with van der Waals surface area (Å²) in [6, 6.07) is 14.8. The van der Waals surface area contributed by atoms with E-state index in [9.17, 15) is 4.79 Å². The van der Waals surface area contributed by atoms with Crippen molar-refractivity contribution >= 4 is 17.2 Å². The van der Waals surface area contributed by atoms with Crippen molar-refractivity contribution in [1.82, 2.24) is 0 Å². The normalized spacial score (nSPS) is 12.3. The van der Waals surface area contributed by atoms with E-state index >= 15 is 0 Å². The van der Waals surface area contributed by atoms with Crippen molar-refractivity contribution in [2.24, 2.45) is 0 Å². The SMILES string of the molecule is CCC(CCO[C]=O)c1cccc2ccccc12. The van der Waals surface area contributed by atoms with Crippen LogP contribution in [-0.2, 0) is 9.53 Å². The molecule has 2 aromatic rings. The summed E-state index contributed by atoms with van der Waals surface area (Å²) in [5.74, 6) is 0.421. The van der Waals surface area contributed by atoms with Gasteiger partial charge in [0.25, 0.3) is 0 Å². The van der Waals surface area contributed by atoms with E-state index in [4.69, 9.17) is 4.74 Å². The lowest BCUT2D eigenvalue weighted by Crippen LogP contribution is -2.03. The molecule has 0 saturated carbocycles. The number of hydrogen-bond donors (Lipinski definition) is 0. The minimum Gasteiger partial charge on any atom is -0.457 e. The molecule has 0 spiro atoms. The van der Waals surface area contributed by atoms with Gasteiger partial charge in [-0.05, 0) is 35.1 Å². The average molecular weight is 241 g/mol. The van der Waals surface area contributed by atoms with Crippen molar-refractivity contribution < 1.29 is 9.53 Å². The molecular weight excluding hydrogens is 224 g/mol. The van der Waals surface area contributed by atoms with E-state index in [2.05, 4.69) is 49.4 Å². The fraction of sp³-hybridized carbons (Fsp3) is 0.312. The molecule has 0 bridgehead atoms. The van der Waals surface area contributed by atoms with Crippen LogP contribution >= 0.6 is 0 Å². The number of rotatable bonds is 6. The summed E-state index contributed by atoms with van der Waals surface area (Å²) in [5, 5.41) is 2.55. The van der Waals surface area contributed by atoms with E-state index in [1.807, 2.05) is 0 Å². The quantitative estimate of drug-likeness (QED) is 0.719. The van der Waals surface area contributed by atoms with Crippen LogP contribution in [0.3, 0.4) is 0 Å². The zero-order chi connectivity index (χ0) is 12.8. The van der Waals surface area contributed by atoms with Crippen LogP contribution in [0.4, 0.5) is 0 Å². The lowest BCUT2D eigenvalue weighted by atomic mass is 9.89. The Bertz CT molecular complexity index is 514. The summed E-state index contributed by atoms with van der Waals surface area (Å²) >= 11 is 0. The Morgan fingerprint density at radius 1 is 1.17 bits per heavy atom. The molecule has 0 aliphatic rings. The molecule has 2 nitrogen and oxygen atoms in total. The molecule has 93 valence electrons. The van der Waals surface area contributed by atoms with Gasteiger partial charge < -0.3 is 4.74 Å². The molecule has 0 heterocycles. The molecule has 2 aromatic carbocycles. The van der Waals surface area contributed by atoms with Crippen molar-refractivity contribution in [1.29, 1.82) is 0 Å². The number of fused-ring (bicyclic) bond motifs is 1. The third-order valence-corrected chi connectivity index (χ3v) is 3.38. The van der Waals surface area contributed by atoms with Crippen LogP contribution in [0.1, 0.15) is 31.2 Å². The van der Waals surface area contributed by atoms with Gasteiger partial charge >= 0.3 is 6.47 Å². The smallest absolute Gasteiger partial charge is 0.417 e. The second-order valence-electron chi connectivity index (χ2n) is 4.39. The summed E-state index contributed by atoms with van der Waals surface area (Å²) < 4.78 is 4.69. The number of hydrogen-bond acceptors (Lipinski definition) is 2. The van der Waals surface area contributed by atoms with Gasteiger partial charge in [0.1, 0.15) is 0 Å². The van der Waals surface area contributed by atoms with E-state index in [0.717, 1.165) is 12.8 Å². The standard InChI is InChI=1S/C16H17O2/c1-2-13(10-11-18-12-17)15-9-5-7-14-6-3-4-8-16(14)15/h3-9,13H,2,10-11H2,1H3. The maximum absolute atomic E-state index is 10.1. The highest BCUT2D eigenvalue weighted by atomic mass is 16.5. The first-order chi connectivity index (χ1) is 8.86. The van der Waals surface area contributed by atoms with Crippen LogP contribution in [0, 0.1) is 0 Å². The molecule has 0 N–H and O–H groups in total. The molecule has 2 heteroatoms. The second-order valence-corrected chi connectivity index (χ2v) is 4.39. The maximum Gasteiger partial charge on any atom is 0.417 e. The van der Waals surface area contributed by atoms with Gasteiger partial charge in [-0.1, -0.05) is 49.4 Å². The Morgan fingerprint density at radius 2 is 1.94 bits per heavy atom. The molecule has 0 aromatic heterocycles. The van der Waals surface area contributed by atoms with Gasteiger partial charge in [0, 0.05) is 0 Å². The van der Waals surface area contributed by atoms with Crippen molar-refractivity contribution in [3.63, 3.8) is 0 Å². The Hall–Kier alpha value is -1.83. The van der Waals surface area contributed by atoms with E-state index < -0.39 is 0 Å². The van der Waals surface area contributed by atoms with Crippen LogP contribution in [-0.4, -0.2) is 13.1 Å². The lowest BCUT2D eigenvalue weighted by molar-refractivity contribution is 0.262. The largest absolute Gasteiger partial charge is 0.457 e. The van der Waals surface area contributed by atoms with Crippen LogP contribution < -0.4 is 0 Å². The average Bonchev–Trinajstić information content (AvgIpc) is 2.43. The van der Waals surface area contributed by atoms with Crippen molar-refractivity contribution in [3.05, 3.63) is 48.0 Å². The van der Waals surface area contributed by atoms with Crippen LogP contribution in [0.2, 0.25) is 0 Å². The highest BCUT2D eigenvalue weighted by molar-refractivity contribution is 5.86. The molecule has 0 amide bonds. The van der Waals surface area contributed by atoms with Crippen molar-refractivity contribution in [2.45, 2.75) is 25.7 Å². The van der Waals surface area contributed by atoms with Gasteiger partial charge in [0.15, 0.2) is 0 Å². The van der Waals surface area contributed by atoms with Crippen molar-refractivity contribution in [3.8, 4) is 0 Å². The Balaban J connectivity index is 2.29. The minimum absolute atomic E-state index is 0.421. The molecule has 1 unspecified atom stereocenters. The third kappa shape index (κ3) is 2.70. The van der Waals surface area contributed by atoms with Gasteiger partial charge in [0.05, 0.1) is 6.61 Å². The molecule has 1 radical (unpaired) electrons. The lowest BCUT2D eigenvalue weighted by Gasteiger charge is -2.17. The highest BCUT2D eigenvalue weighted by Gasteiger charge is 2.12. The zero-order valence-corrected chi connectivity index (χ0v) is 10.6. The first-order valence-electron chi connectivity index (χ1n) is 6.33. The monoisotopic (exact) mass is 241 g/mol. The third-order valence-electron chi connectivity index (χ3n) is 3.38. The first-order valence-corrected chi connectivity index (χ1v) is 6.33. The first kappa shape index (κ1) is 12.6. The molecule has 18 heavy (non-hydrogen) atoms. The van der Waals surface area contributed by atoms with Crippen LogP contribution in [0.25, 0.3) is 10.8 Å². The number of benzene rings is 2. The predicted molar refractivity (Wildman–Crippen MR) is 73.2 cm³/mol. The van der Waals surface area contributed by atoms with Gasteiger partial charge in [-0.25, -0.2) is 4.79 Å². The van der Waals surface area contributed by atoms with E-state index in [-0.39, 0.29) is 0 Å². The van der Waals surface area contributed by atoms with Gasteiger partial charge in [0.2, 0.25) is 0 Å². The van der Waals surface area contributed by atoms with E-state index in [1.54, 1.807) is 0 Å². The summed E-state index contributed by atoms with van der Waals surface area (Å²) in [6.45, 7) is 4.09. The highest BCUT2D eigenvalue weighted by Crippen LogP contribution is 2.30. The molecule has 1 atom stereocenters. The fourth-order valence-corrected chi connectivity index (χ4v) is 2.43. The number of ether oxygens (including phenoxy) is 1. The summed E-state index contributed by atoms with van der Waals surface area (Å²) in [4.78, 5) is 10.1. The molecule has 0 aliphatic carbocycles. The molecule has 0 aliphatic heterocycles. The molecule has 0 fully saturated rings. The Kier molecular flexibility index (Phi) is 4.35. The summed E-state index contributed by atoms with van der Waals surface area (Å²) in [7, 11) is 0. The molecule has 0 saturated heterocycles. The van der Waals surface area contributed by atoms with E-state index in [0.29, 0.717) is 12.5 Å². The van der Waals surface area contributed by atoms with Crippen LogP contribution in [0.5, 0.6) is 0 Å². The summed E-state index contributed by atoms with van der Waals surface area (Å²) in [6.07, 6.45) is 1.88. The molecule has 2 rings (SSSR count). The summed E-state index contributed by atoms with van der Waals surface area (Å²) in [5.41, 5.74) is 1.34. The topological polar surface area (TPSA) is 26.3 Å². The fourth-order valence-electron chi connectivity index (χ4n) is 2.43. The van der Waals surface area contributed by atoms with Crippen LogP contribution in [0.15, 0.2) is 42.5 Å². The Morgan fingerprint density at radius 3 is 2.72 bits per heavy atom. The van der Waals surface area contributed by atoms with Gasteiger partial charge in [-0.15, -0.1) is 0 Å².